The van der Waals surface area contributed by atoms with Gasteiger partial charge >= 0.3 is 0 Å². The minimum atomic E-state index is -0.0325. The Hall–Kier alpha value is -1.86. The van der Waals surface area contributed by atoms with Gasteiger partial charge in [-0.15, -0.1) is 11.3 Å². The van der Waals surface area contributed by atoms with Crippen LogP contribution in [0.1, 0.15) is 23.1 Å². The van der Waals surface area contributed by atoms with Gasteiger partial charge in [0.05, 0.1) is 28.3 Å². The maximum atomic E-state index is 12.2. The predicted octanol–water partition coefficient (Wildman–Crippen LogP) is 3.94. The lowest BCUT2D eigenvalue weighted by Gasteiger charge is -2.01. The quantitative estimate of drug-likeness (QED) is 0.654. The molecule has 3 aromatic rings. The highest BCUT2D eigenvalue weighted by atomic mass is 32.2. The molecule has 0 N–H and O–H groups in total. The predicted molar refractivity (Wildman–Crippen MR) is 93.8 cm³/mol. The summed E-state index contributed by atoms with van der Waals surface area (Å²) in [6, 6.07) is 7.75. The summed E-state index contributed by atoms with van der Waals surface area (Å²) in [6.45, 7) is 6.37. The van der Waals surface area contributed by atoms with Crippen molar-refractivity contribution in [2.75, 3.05) is 12.4 Å². The molecule has 0 fully saturated rings. The van der Waals surface area contributed by atoms with Gasteiger partial charge in [-0.25, -0.2) is 9.67 Å². The molecule has 0 aliphatic rings. The number of benzene rings is 1. The van der Waals surface area contributed by atoms with Crippen LogP contribution in [0.15, 0.2) is 28.6 Å². The van der Waals surface area contributed by atoms with Crippen molar-refractivity contribution in [1.29, 1.82) is 0 Å². The first-order valence-electron chi connectivity index (χ1n) is 7.29. The zero-order chi connectivity index (χ0) is 16.4. The van der Waals surface area contributed by atoms with Gasteiger partial charge in [0.2, 0.25) is 0 Å². The van der Waals surface area contributed by atoms with Crippen molar-refractivity contribution in [1.82, 2.24) is 14.8 Å². The number of thioether (sulfide) groups is 1. The molecule has 2 aromatic heterocycles. The summed E-state index contributed by atoms with van der Waals surface area (Å²) in [5.74, 6) is 1.13. The zero-order valence-corrected chi connectivity index (χ0v) is 14.8. The summed E-state index contributed by atoms with van der Waals surface area (Å²) in [4.78, 5) is 16.8. The number of hydrogen-bond acceptors (Lipinski definition) is 6. The second-order valence-electron chi connectivity index (χ2n) is 5.06. The normalized spacial score (nSPS) is 11.1. The van der Waals surface area contributed by atoms with E-state index in [9.17, 15) is 4.79 Å². The van der Waals surface area contributed by atoms with Crippen molar-refractivity contribution in [2.45, 2.75) is 25.1 Å². The number of fused-ring (bicyclic) bond motifs is 1. The molecule has 0 radical (unpaired) electrons. The topological polar surface area (TPSA) is 57.0 Å². The zero-order valence-electron chi connectivity index (χ0n) is 13.2. The molecular formula is C16H17N3O2S2. The van der Waals surface area contributed by atoms with Crippen LogP contribution in [0.3, 0.4) is 0 Å². The lowest BCUT2D eigenvalue weighted by molar-refractivity contribution is 0.0924. The number of thiazole rings is 1. The summed E-state index contributed by atoms with van der Waals surface area (Å²) >= 11 is 3.02. The Bertz CT molecular complexity index is 854. The average molecular weight is 347 g/mol. The Labute approximate surface area is 142 Å². The van der Waals surface area contributed by atoms with E-state index in [1.807, 2.05) is 45.0 Å². The SMILES string of the molecule is CCOc1ccc2nc(SCC(=O)n3nc(C)cc3C)sc2c1. The molecule has 23 heavy (non-hydrogen) atoms. The summed E-state index contributed by atoms with van der Waals surface area (Å²) < 4.78 is 8.91. The number of hydrogen-bond donors (Lipinski definition) is 0. The van der Waals surface area contributed by atoms with Crippen molar-refractivity contribution in [3.8, 4) is 5.75 Å². The molecule has 0 aliphatic carbocycles. The molecule has 7 heteroatoms. The van der Waals surface area contributed by atoms with Crippen molar-refractivity contribution < 1.29 is 9.53 Å². The molecular weight excluding hydrogens is 330 g/mol. The molecule has 0 bridgehead atoms. The number of rotatable bonds is 5. The highest BCUT2D eigenvalue weighted by Gasteiger charge is 2.13. The van der Waals surface area contributed by atoms with Crippen LogP contribution in [0.5, 0.6) is 5.75 Å². The first-order chi connectivity index (χ1) is 11.1. The lowest BCUT2D eigenvalue weighted by Crippen LogP contribution is -2.16. The Morgan fingerprint density at radius 2 is 2.17 bits per heavy atom. The molecule has 0 atom stereocenters. The maximum absolute atomic E-state index is 12.2. The largest absolute Gasteiger partial charge is 0.494 e. The summed E-state index contributed by atoms with van der Waals surface area (Å²) in [5.41, 5.74) is 2.64. The monoisotopic (exact) mass is 347 g/mol. The van der Waals surface area contributed by atoms with Gasteiger partial charge in [-0.1, -0.05) is 11.8 Å². The van der Waals surface area contributed by atoms with Gasteiger partial charge in [0.25, 0.3) is 5.91 Å². The van der Waals surface area contributed by atoms with Crippen LogP contribution >= 0.6 is 23.1 Å². The van der Waals surface area contributed by atoms with E-state index in [4.69, 9.17) is 4.74 Å². The summed E-state index contributed by atoms with van der Waals surface area (Å²) in [5, 5.41) is 4.22. The van der Waals surface area contributed by atoms with Crippen molar-refractivity contribution >= 4 is 39.2 Å². The van der Waals surface area contributed by atoms with E-state index in [1.54, 1.807) is 11.3 Å². The molecule has 0 saturated carbocycles. The Morgan fingerprint density at radius 1 is 1.35 bits per heavy atom. The third-order valence-corrected chi connectivity index (χ3v) is 5.36. The molecule has 2 heterocycles. The van der Waals surface area contributed by atoms with E-state index in [1.165, 1.54) is 16.4 Å². The Morgan fingerprint density at radius 3 is 2.87 bits per heavy atom. The minimum absolute atomic E-state index is 0.0325. The van der Waals surface area contributed by atoms with E-state index >= 15 is 0 Å². The second-order valence-corrected chi connectivity index (χ2v) is 7.32. The number of carbonyl (C=O) groups is 1. The standard InChI is InChI=1S/C16H17N3O2S2/c1-4-21-12-5-6-13-14(8-12)23-16(17-13)22-9-15(20)19-11(3)7-10(2)18-19/h5-8H,4,9H2,1-3H3. The van der Waals surface area contributed by atoms with Gasteiger partial charge < -0.3 is 4.74 Å². The van der Waals surface area contributed by atoms with E-state index in [-0.39, 0.29) is 5.91 Å². The summed E-state index contributed by atoms with van der Waals surface area (Å²) in [7, 11) is 0. The van der Waals surface area contributed by atoms with Crippen LogP contribution in [-0.4, -0.2) is 33.0 Å². The fraction of sp³-hybridized carbons (Fsp3) is 0.312. The van der Waals surface area contributed by atoms with E-state index in [0.29, 0.717) is 12.4 Å². The highest BCUT2D eigenvalue weighted by molar-refractivity contribution is 8.01. The Balaban J connectivity index is 1.71. The van der Waals surface area contributed by atoms with Crippen LogP contribution < -0.4 is 4.74 Å². The van der Waals surface area contributed by atoms with Gasteiger partial charge in [-0.05, 0) is 45.0 Å². The van der Waals surface area contributed by atoms with Crippen molar-refractivity contribution in [2.24, 2.45) is 0 Å². The van der Waals surface area contributed by atoms with Gasteiger partial charge in [0.1, 0.15) is 5.75 Å². The first-order valence-corrected chi connectivity index (χ1v) is 9.09. The van der Waals surface area contributed by atoms with Crippen LogP contribution in [0, 0.1) is 13.8 Å². The van der Waals surface area contributed by atoms with Gasteiger partial charge in [-0.3, -0.25) is 4.79 Å². The van der Waals surface area contributed by atoms with Gasteiger partial charge in [0, 0.05) is 5.69 Å². The van der Waals surface area contributed by atoms with Crippen LogP contribution in [0.2, 0.25) is 0 Å². The lowest BCUT2D eigenvalue weighted by atomic mass is 10.3. The number of carbonyl (C=O) groups excluding carboxylic acids is 1. The van der Waals surface area contributed by atoms with Crippen molar-refractivity contribution in [3.05, 3.63) is 35.7 Å². The molecule has 1 aromatic carbocycles. The smallest absolute Gasteiger partial charge is 0.257 e. The number of aromatic nitrogens is 3. The third-order valence-electron chi connectivity index (χ3n) is 3.22. The average Bonchev–Trinajstić information content (AvgIpc) is 3.07. The Kier molecular flexibility index (Phi) is 4.68. The van der Waals surface area contributed by atoms with Gasteiger partial charge in [-0.2, -0.15) is 5.10 Å². The highest BCUT2D eigenvalue weighted by Crippen LogP contribution is 2.32. The summed E-state index contributed by atoms with van der Waals surface area (Å²) in [6.07, 6.45) is 0. The van der Waals surface area contributed by atoms with E-state index < -0.39 is 0 Å². The second kappa shape index (κ2) is 6.72. The van der Waals surface area contributed by atoms with E-state index in [0.717, 1.165) is 31.7 Å². The number of aryl methyl sites for hydroxylation is 2. The minimum Gasteiger partial charge on any atom is -0.494 e. The fourth-order valence-electron chi connectivity index (χ4n) is 2.27. The molecule has 120 valence electrons. The fourth-order valence-corrected chi connectivity index (χ4v) is 4.21. The maximum Gasteiger partial charge on any atom is 0.257 e. The van der Waals surface area contributed by atoms with Crippen molar-refractivity contribution in [3.63, 3.8) is 0 Å². The molecule has 0 unspecified atom stereocenters. The third kappa shape index (κ3) is 3.56. The van der Waals surface area contributed by atoms with Crippen LogP contribution in [0.4, 0.5) is 0 Å². The molecule has 5 nitrogen and oxygen atoms in total. The molecule has 0 aliphatic heterocycles. The van der Waals surface area contributed by atoms with Crippen LogP contribution in [0.25, 0.3) is 10.2 Å². The first kappa shape index (κ1) is 16.0. The number of nitrogens with zero attached hydrogens (tertiary/aromatic N) is 3. The van der Waals surface area contributed by atoms with Gasteiger partial charge in [0.15, 0.2) is 4.34 Å². The molecule has 0 spiro atoms. The molecule has 3 rings (SSSR count). The van der Waals surface area contributed by atoms with E-state index in [2.05, 4.69) is 10.1 Å². The molecule has 0 amide bonds. The van der Waals surface area contributed by atoms with Crippen LogP contribution in [-0.2, 0) is 0 Å². The molecule has 0 saturated heterocycles. The number of ether oxygens (including phenoxy) is 1.